The van der Waals surface area contributed by atoms with Crippen LogP contribution in [0.4, 0.5) is 0 Å². The molecule has 0 unspecified atom stereocenters. The van der Waals surface area contributed by atoms with Crippen molar-refractivity contribution in [3.63, 3.8) is 0 Å². The van der Waals surface area contributed by atoms with E-state index in [9.17, 15) is 5.11 Å². The van der Waals surface area contributed by atoms with Crippen molar-refractivity contribution < 1.29 is 5.11 Å². The Hall–Kier alpha value is -0.410. The number of thiazole rings is 1. The summed E-state index contributed by atoms with van der Waals surface area (Å²) in [6.45, 7) is 9.97. The molecule has 0 fully saturated rings. The highest BCUT2D eigenvalue weighted by Gasteiger charge is 2.24. The lowest BCUT2D eigenvalue weighted by Gasteiger charge is -2.16. The molecule has 1 N–H and O–H groups in total. The highest BCUT2D eigenvalue weighted by Crippen LogP contribution is 2.32. The van der Waals surface area contributed by atoms with Crippen molar-refractivity contribution in [3.05, 3.63) is 16.1 Å². The van der Waals surface area contributed by atoms with Crippen molar-refractivity contribution in [3.8, 4) is 0 Å². The van der Waals surface area contributed by atoms with Crippen molar-refractivity contribution in [1.29, 1.82) is 0 Å². The zero-order valence-corrected chi connectivity index (χ0v) is 9.70. The summed E-state index contributed by atoms with van der Waals surface area (Å²) >= 11 is 1.59. The number of aliphatic hydroxyl groups is 1. The first-order valence-electron chi connectivity index (χ1n) is 4.40. The molecule has 0 aliphatic carbocycles. The molecule has 0 saturated carbocycles. The number of hydrogen-bond donors (Lipinski definition) is 1. The summed E-state index contributed by atoms with van der Waals surface area (Å²) in [5.74, 6) is 0. The summed E-state index contributed by atoms with van der Waals surface area (Å²) in [4.78, 5) is 5.44. The first kappa shape index (κ1) is 10.7. The minimum Gasteiger partial charge on any atom is -0.383 e. The fraction of sp³-hybridized carbons (Fsp3) is 0.700. The van der Waals surface area contributed by atoms with Crippen LogP contribution in [0.15, 0.2) is 6.20 Å². The Labute approximate surface area is 83.6 Å². The molecular formula is C10H17NOS. The van der Waals surface area contributed by atoms with Crippen molar-refractivity contribution in [2.24, 2.45) is 0 Å². The number of hydrogen-bond acceptors (Lipinski definition) is 3. The van der Waals surface area contributed by atoms with Gasteiger partial charge in [-0.05, 0) is 19.3 Å². The van der Waals surface area contributed by atoms with Crippen LogP contribution in [0.2, 0.25) is 0 Å². The van der Waals surface area contributed by atoms with Gasteiger partial charge in [0.2, 0.25) is 0 Å². The van der Waals surface area contributed by atoms with E-state index in [0.717, 1.165) is 5.01 Å². The van der Waals surface area contributed by atoms with Crippen molar-refractivity contribution in [2.75, 3.05) is 0 Å². The Balaban J connectivity index is 3.01. The molecule has 0 saturated heterocycles. The molecule has 3 heteroatoms. The van der Waals surface area contributed by atoms with Gasteiger partial charge in [-0.3, -0.25) is 0 Å². The summed E-state index contributed by atoms with van der Waals surface area (Å²) in [5.41, 5.74) is -0.685. The number of aromatic nitrogens is 1. The Morgan fingerprint density at radius 3 is 2.00 bits per heavy atom. The van der Waals surface area contributed by atoms with E-state index in [1.54, 1.807) is 25.2 Å². The Morgan fingerprint density at radius 2 is 1.77 bits per heavy atom. The molecule has 0 aromatic carbocycles. The average molecular weight is 199 g/mol. The van der Waals surface area contributed by atoms with Crippen LogP contribution >= 0.6 is 11.3 Å². The lowest BCUT2D eigenvalue weighted by Crippen LogP contribution is -2.14. The molecule has 0 bridgehead atoms. The molecule has 1 aromatic rings. The van der Waals surface area contributed by atoms with Crippen LogP contribution in [0.5, 0.6) is 0 Å². The van der Waals surface area contributed by atoms with Crippen LogP contribution in [0.25, 0.3) is 0 Å². The van der Waals surface area contributed by atoms with Crippen LogP contribution < -0.4 is 0 Å². The van der Waals surface area contributed by atoms with E-state index in [2.05, 4.69) is 25.8 Å². The largest absolute Gasteiger partial charge is 0.383 e. The summed E-state index contributed by atoms with van der Waals surface area (Å²) in [5, 5.41) is 10.5. The van der Waals surface area contributed by atoms with E-state index < -0.39 is 5.60 Å². The summed E-state index contributed by atoms with van der Waals surface area (Å²) in [6.07, 6.45) is 1.86. The third-order valence-electron chi connectivity index (χ3n) is 1.77. The second-order valence-corrected chi connectivity index (χ2v) is 5.87. The number of rotatable bonds is 1. The smallest absolute Gasteiger partial charge is 0.124 e. The van der Waals surface area contributed by atoms with Crippen LogP contribution in [-0.4, -0.2) is 10.1 Å². The van der Waals surface area contributed by atoms with E-state index in [0.29, 0.717) is 0 Å². The third-order valence-corrected chi connectivity index (χ3v) is 3.50. The molecule has 0 aliphatic rings. The average Bonchev–Trinajstić information content (AvgIpc) is 2.28. The van der Waals surface area contributed by atoms with Crippen LogP contribution in [0.1, 0.15) is 44.5 Å². The standard InChI is InChI=1S/C10H17NOS/c1-9(2,3)7-6-11-8(13-7)10(4,5)12/h6,12H,1-5H3. The second kappa shape index (κ2) is 3.07. The van der Waals surface area contributed by atoms with Crippen LogP contribution in [0, 0.1) is 0 Å². The second-order valence-electron chi connectivity index (χ2n) is 4.84. The topological polar surface area (TPSA) is 33.1 Å². The van der Waals surface area contributed by atoms with E-state index in [4.69, 9.17) is 0 Å². The first-order chi connectivity index (χ1) is 5.71. The maximum absolute atomic E-state index is 9.72. The minimum absolute atomic E-state index is 0.126. The maximum atomic E-state index is 9.72. The zero-order valence-electron chi connectivity index (χ0n) is 8.88. The fourth-order valence-corrected chi connectivity index (χ4v) is 1.88. The van der Waals surface area contributed by atoms with E-state index >= 15 is 0 Å². The normalized spacial score (nSPS) is 13.4. The zero-order chi connectivity index (χ0) is 10.3. The quantitative estimate of drug-likeness (QED) is 0.754. The summed E-state index contributed by atoms with van der Waals surface area (Å²) < 4.78 is 0. The van der Waals surface area contributed by atoms with Crippen molar-refractivity contribution in [2.45, 2.75) is 45.6 Å². The lowest BCUT2D eigenvalue weighted by atomic mass is 9.96. The lowest BCUT2D eigenvalue weighted by molar-refractivity contribution is 0.0783. The van der Waals surface area contributed by atoms with Crippen molar-refractivity contribution in [1.82, 2.24) is 4.98 Å². The Bertz CT molecular complexity index is 262. The van der Waals surface area contributed by atoms with Gasteiger partial charge in [-0.25, -0.2) is 4.98 Å². The molecule has 1 aromatic heterocycles. The molecule has 0 atom stereocenters. The third kappa shape index (κ3) is 2.51. The van der Waals surface area contributed by atoms with Gasteiger partial charge in [-0.15, -0.1) is 11.3 Å². The Kier molecular flexibility index (Phi) is 2.52. The molecule has 0 amide bonds. The Morgan fingerprint density at radius 1 is 1.23 bits per heavy atom. The number of nitrogens with zero attached hydrogens (tertiary/aromatic N) is 1. The molecule has 74 valence electrons. The van der Waals surface area contributed by atoms with Crippen LogP contribution in [-0.2, 0) is 11.0 Å². The molecule has 1 heterocycles. The molecule has 13 heavy (non-hydrogen) atoms. The van der Waals surface area contributed by atoms with Gasteiger partial charge in [0, 0.05) is 11.1 Å². The predicted molar refractivity (Wildman–Crippen MR) is 56.1 cm³/mol. The van der Waals surface area contributed by atoms with Gasteiger partial charge in [0.05, 0.1) is 0 Å². The van der Waals surface area contributed by atoms with Crippen LogP contribution in [0.3, 0.4) is 0 Å². The highest BCUT2D eigenvalue weighted by molar-refractivity contribution is 7.11. The first-order valence-corrected chi connectivity index (χ1v) is 5.22. The molecular weight excluding hydrogens is 182 g/mol. The molecule has 0 radical (unpaired) electrons. The van der Waals surface area contributed by atoms with Gasteiger partial charge in [-0.1, -0.05) is 20.8 Å². The van der Waals surface area contributed by atoms with Gasteiger partial charge in [0.25, 0.3) is 0 Å². The van der Waals surface area contributed by atoms with E-state index in [1.807, 2.05) is 6.20 Å². The highest BCUT2D eigenvalue weighted by atomic mass is 32.1. The van der Waals surface area contributed by atoms with Gasteiger partial charge in [-0.2, -0.15) is 0 Å². The maximum Gasteiger partial charge on any atom is 0.124 e. The van der Waals surface area contributed by atoms with Gasteiger partial charge in [0.15, 0.2) is 0 Å². The van der Waals surface area contributed by atoms with Gasteiger partial charge in [0.1, 0.15) is 10.6 Å². The van der Waals surface area contributed by atoms with E-state index in [1.165, 1.54) is 4.88 Å². The monoisotopic (exact) mass is 199 g/mol. The fourth-order valence-electron chi connectivity index (χ4n) is 0.904. The SMILES string of the molecule is CC(C)(C)c1cnc(C(C)(C)O)s1. The van der Waals surface area contributed by atoms with E-state index in [-0.39, 0.29) is 5.41 Å². The predicted octanol–water partition coefficient (Wildman–Crippen LogP) is 2.67. The molecule has 0 spiro atoms. The van der Waals surface area contributed by atoms with Gasteiger partial charge >= 0.3 is 0 Å². The molecule has 1 rings (SSSR count). The van der Waals surface area contributed by atoms with Crippen molar-refractivity contribution >= 4 is 11.3 Å². The molecule has 0 aliphatic heterocycles. The minimum atomic E-state index is -0.811. The summed E-state index contributed by atoms with van der Waals surface area (Å²) in [6, 6.07) is 0. The molecule has 2 nitrogen and oxygen atoms in total. The van der Waals surface area contributed by atoms with Gasteiger partial charge < -0.3 is 5.11 Å². The summed E-state index contributed by atoms with van der Waals surface area (Å²) in [7, 11) is 0.